The van der Waals surface area contributed by atoms with Gasteiger partial charge in [-0.1, -0.05) is 0 Å². The first-order valence-electron chi connectivity index (χ1n) is 5.47. The summed E-state index contributed by atoms with van der Waals surface area (Å²) in [7, 11) is -1.74. The Morgan fingerprint density at radius 3 is 2.11 bits per heavy atom. The monoisotopic (exact) mass is 269 g/mol. The molecule has 1 rings (SSSR count). The number of hydrogen-bond donors (Lipinski definition) is 0. The maximum absolute atomic E-state index is 11.4. The molecule has 18 heavy (non-hydrogen) atoms. The predicted octanol–water partition coefficient (Wildman–Crippen LogP) is 0.606. The van der Waals surface area contributed by atoms with E-state index in [1.807, 2.05) is 0 Å². The van der Waals surface area contributed by atoms with Crippen LogP contribution in [0.2, 0.25) is 0 Å². The van der Waals surface area contributed by atoms with E-state index in [-0.39, 0.29) is 11.5 Å². The highest BCUT2D eigenvalue weighted by atomic mass is 32.2. The van der Waals surface area contributed by atoms with Crippen LogP contribution in [-0.2, 0) is 14.8 Å². The molecule has 0 amide bonds. The average molecular weight is 269 g/mol. The smallest absolute Gasteiger partial charge is 0.211 e. The van der Waals surface area contributed by atoms with Crippen LogP contribution < -0.4 is 0 Å². The summed E-state index contributed by atoms with van der Waals surface area (Å²) < 4.78 is 29.2. The van der Waals surface area contributed by atoms with Crippen molar-refractivity contribution in [3.05, 3.63) is 11.3 Å². The lowest BCUT2D eigenvalue weighted by Gasteiger charge is -2.30. The van der Waals surface area contributed by atoms with E-state index in [9.17, 15) is 8.42 Å². The molecular formula is C11H15N3O3S. The van der Waals surface area contributed by atoms with Crippen LogP contribution in [0.1, 0.15) is 12.8 Å². The minimum Gasteiger partial charge on any atom is -0.499 e. The van der Waals surface area contributed by atoms with E-state index in [4.69, 9.17) is 15.3 Å². The van der Waals surface area contributed by atoms with Gasteiger partial charge in [-0.15, -0.1) is 0 Å². The van der Waals surface area contributed by atoms with Crippen molar-refractivity contribution in [2.45, 2.75) is 12.8 Å². The number of methoxy groups -OCH3 is 1. The van der Waals surface area contributed by atoms with Crippen LogP contribution >= 0.6 is 0 Å². The van der Waals surface area contributed by atoms with Gasteiger partial charge in [-0.2, -0.15) is 10.5 Å². The van der Waals surface area contributed by atoms with Crippen LogP contribution in [0.25, 0.3) is 0 Å². The molecule has 1 saturated heterocycles. The maximum atomic E-state index is 11.4. The number of nitrogens with zero attached hydrogens (tertiary/aromatic N) is 3. The Labute approximate surface area is 107 Å². The van der Waals surface area contributed by atoms with Gasteiger partial charge in [-0.25, -0.2) is 12.7 Å². The zero-order chi connectivity index (χ0) is 13.8. The topological polar surface area (TPSA) is 94.2 Å². The molecule has 0 bridgehead atoms. The molecule has 0 aromatic carbocycles. The molecule has 0 unspecified atom stereocenters. The van der Waals surface area contributed by atoms with Crippen LogP contribution in [0.4, 0.5) is 0 Å². The van der Waals surface area contributed by atoms with Gasteiger partial charge >= 0.3 is 0 Å². The van der Waals surface area contributed by atoms with Gasteiger partial charge in [-0.3, -0.25) is 0 Å². The zero-order valence-corrected chi connectivity index (χ0v) is 11.2. The third-order valence-electron chi connectivity index (χ3n) is 2.98. The second kappa shape index (κ2) is 5.85. The summed E-state index contributed by atoms with van der Waals surface area (Å²) >= 11 is 0. The molecule has 0 aliphatic carbocycles. The molecule has 0 aromatic heterocycles. The summed E-state index contributed by atoms with van der Waals surface area (Å²) in [5.74, 6) is 0.301. The molecule has 1 aliphatic rings. The fraction of sp³-hybridized carbons (Fsp3) is 0.636. The first-order valence-corrected chi connectivity index (χ1v) is 7.32. The van der Waals surface area contributed by atoms with Crippen LogP contribution in [0, 0.1) is 28.6 Å². The van der Waals surface area contributed by atoms with Crippen LogP contribution in [0.5, 0.6) is 0 Å². The lowest BCUT2D eigenvalue weighted by molar-refractivity contribution is 0.194. The summed E-state index contributed by atoms with van der Waals surface area (Å²) in [5, 5.41) is 17.6. The number of nitriles is 2. The number of ether oxygens (including phenoxy) is 1. The van der Waals surface area contributed by atoms with E-state index < -0.39 is 10.0 Å². The molecule has 0 N–H and O–H groups in total. The summed E-state index contributed by atoms with van der Waals surface area (Å²) in [6.45, 7) is 0.779. The first kappa shape index (κ1) is 14.5. The summed E-state index contributed by atoms with van der Waals surface area (Å²) in [4.78, 5) is 0. The van der Waals surface area contributed by atoms with Gasteiger partial charge in [0.1, 0.15) is 17.9 Å². The normalized spacial score (nSPS) is 17.6. The van der Waals surface area contributed by atoms with Gasteiger partial charge in [0.05, 0.1) is 13.4 Å². The third-order valence-corrected chi connectivity index (χ3v) is 4.29. The third kappa shape index (κ3) is 3.22. The largest absolute Gasteiger partial charge is 0.499 e. The van der Waals surface area contributed by atoms with Crippen molar-refractivity contribution in [2.75, 3.05) is 26.5 Å². The Morgan fingerprint density at radius 1 is 1.28 bits per heavy atom. The minimum absolute atomic E-state index is 0.0321. The second-order valence-corrected chi connectivity index (χ2v) is 6.09. The Balaban J connectivity index is 2.83. The second-order valence-electron chi connectivity index (χ2n) is 4.10. The molecule has 7 heteroatoms. The Morgan fingerprint density at radius 2 is 1.78 bits per heavy atom. The summed E-state index contributed by atoms with van der Waals surface area (Å²) in [6.07, 6.45) is 2.29. The number of allylic oxidation sites excluding steroid dienone is 2. The fourth-order valence-electron chi connectivity index (χ4n) is 2.06. The minimum atomic E-state index is -3.17. The van der Waals surface area contributed by atoms with E-state index >= 15 is 0 Å². The fourth-order valence-corrected chi connectivity index (χ4v) is 2.93. The predicted molar refractivity (Wildman–Crippen MR) is 64.4 cm³/mol. The highest BCUT2D eigenvalue weighted by Gasteiger charge is 2.29. The van der Waals surface area contributed by atoms with Crippen molar-refractivity contribution in [3.8, 4) is 12.1 Å². The van der Waals surface area contributed by atoms with Crippen LogP contribution in [0.15, 0.2) is 11.3 Å². The number of piperidine rings is 1. The van der Waals surface area contributed by atoms with E-state index in [0.717, 1.165) is 0 Å². The molecular weight excluding hydrogens is 254 g/mol. The van der Waals surface area contributed by atoms with Crippen molar-refractivity contribution in [1.29, 1.82) is 10.5 Å². The number of sulfonamides is 1. The van der Waals surface area contributed by atoms with E-state index in [1.165, 1.54) is 17.7 Å². The number of rotatable bonds is 3. The average Bonchev–Trinajstić information content (AvgIpc) is 2.35. The standard InChI is InChI=1S/C11H15N3O3S/c1-17-11(10(7-12)8-13)9-3-5-14(6-4-9)18(2,15)16/h9H,3-6H2,1-2H3. The SMILES string of the molecule is COC(=C(C#N)C#N)C1CCN(S(C)(=O)=O)CC1. The van der Waals surface area contributed by atoms with Gasteiger partial charge < -0.3 is 4.74 Å². The lowest BCUT2D eigenvalue weighted by Crippen LogP contribution is -2.38. The van der Waals surface area contributed by atoms with Gasteiger partial charge in [0.25, 0.3) is 0 Å². The number of hydrogen-bond acceptors (Lipinski definition) is 5. The molecule has 1 aliphatic heterocycles. The van der Waals surface area contributed by atoms with Crippen molar-refractivity contribution < 1.29 is 13.2 Å². The molecule has 0 saturated carbocycles. The van der Waals surface area contributed by atoms with Crippen LogP contribution in [-0.4, -0.2) is 39.2 Å². The Hall–Kier alpha value is -1.57. The van der Waals surface area contributed by atoms with Gasteiger partial charge in [0.2, 0.25) is 10.0 Å². The van der Waals surface area contributed by atoms with Gasteiger partial charge in [0, 0.05) is 19.0 Å². The van der Waals surface area contributed by atoms with Crippen LogP contribution in [0.3, 0.4) is 0 Å². The van der Waals surface area contributed by atoms with Crippen molar-refractivity contribution >= 4 is 10.0 Å². The Kier molecular flexibility index (Phi) is 4.71. The zero-order valence-electron chi connectivity index (χ0n) is 10.4. The summed E-state index contributed by atoms with van der Waals surface area (Å²) in [6, 6.07) is 3.61. The quantitative estimate of drug-likeness (QED) is 0.552. The van der Waals surface area contributed by atoms with Crippen molar-refractivity contribution in [3.63, 3.8) is 0 Å². The highest BCUT2D eigenvalue weighted by molar-refractivity contribution is 7.88. The molecule has 0 spiro atoms. The molecule has 98 valence electrons. The molecule has 6 nitrogen and oxygen atoms in total. The van der Waals surface area contributed by atoms with E-state index in [0.29, 0.717) is 31.7 Å². The van der Waals surface area contributed by atoms with E-state index in [1.54, 1.807) is 12.1 Å². The molecule has 0 atom stereocenters. The molecule has 1 fully saturated rings. The van der Waals surface area contributed by atoms with E-state index in [2.05, 4.69) is 0 Å². The first-order chi connectivity index (χ1) is 8.43. The van der Waals surface area contributed by atoms with Crippen molar-refractivity contribution in [1.82, 2.24) is 4.31 Å². The Bertz CT molecular complexity index is 501. The molecule has 0 radical (unpaired) electrons. The molecule has 1 heterocycles. The lowest BCUT2D eigenvalue weighted by atomic mass is 9.93. The summed E-state index contributed by atoms with van der Waals surface area (Å²) in [5.41, 5.74) is -0.0321. The maximum Gasteiger partial charge on any atom is 0.211 e. The highest BCUT2D eigenvalue weighted by Crippen LogP contribution is 2.28. The van der Waals surface area contributed by atoms with Crippen molar-refractivity contribution in [2.24, 2.45) is 5.92 Å². The van der Waals surface area contributed by atoms with Gasteiger partial charge in [-0.05, 0) is 12.8 Å². The molecule has 0 aromatic rings. The van der Waals surface area contributed by atoms with Gasteiger partial charge in [0.15, 0.2) is 5.57 Å².